The van der Waals surface area contributed by atoms with Gasteiger partial charge in [0.25, 0.3) is 5.91 Å². The van der Waals surface area contributed by atoms with Crippen LogP contribution in [0.1, 0.15) is 51.9 Å². The van der Waals surface area contributed by atoms with Crippen molar-refractivity contribution in [3.63, 3.8) is 0 Å². The van der Waals surface area contributed by atoms with Crippen molar-refractivity contribution in [2.75, 3.05) is 13.1 Å². The molecule has 0 spiro atoms. The maximum absolute atomic E-state index is 13.7. The van der Waals surface area contributed by atoms with Gasteiger partial charge in [0.2, 0.25) is 0 Å². The fraction of sp³-hybridized carbons (Fsp3) is 0.357. The van der Waals surface area contributed by atoms with E-state index < -0.39 is 0 Å². The Morgan fingerprint density at radius 1 is 0.912 bits per heavy atom. The van der Waals surface area contributed by atoms with Gasteiger partial charge in [0.05, 0.1) is 26.6 Å². The summed E-state index contributed by atoms with van der Waals surface area (Å²) in [5, 5.41) is 0.939. The van der Waals surface area contributed by atoms with Gasteiger partial charge in [-0.05, 0) is 68.2 Å². The zero-order chi connectivity index (χ0) is 23.2. The molecule has 1 aliphatic heterocycles. The van der Waals surface area contributed by atoms with E-state index in [9.17, 15) is 4.79 Å². The fourth-order valence-corrected chi connectivity index (χ4v) is 6.87. The van der Waals surface area contributed by atoms with E-state index in [0.29, 0.717) is 23.4 Å². The van der Waals surface area contributed by atoms with Crippen LogP contribution in [-0.2, 0) is 0 Å². The number of para-hydroxylation sites is 2. The second-order valence-electron chi connectivity index (χ2n) is 9.86. The van der Waals surface area contributed by atoms with Crippen molar-refractivity contribution in [1.82, 2.24) is 19.9 Å². The quantitative estimate of drug-likeness (QED) is 0.369. The molecule has 2 aromatic carbocycles. The number of nitrogens with zero attached hydrogens (tertiary/aromatic N) is 4. The molecule has 6 rings (SSSR count). The lowest BCUT2D eigenvalue weighted by molar-refractivity contribution is 0.0465. The van der Waals surface area contributed by atoms with E-state index in [1.54, 1.807) is 11.3 Å². The number of carbonyl (C=O) groups is 1. The van der Waals surface area contributed by atoms with Gasteiger partial charge in [0.15, 0.2) is 0 Å². The summed E-state index contributed by atoms with van der Waals surface area (Å²) in [6, 6.07) is 16.3. The number of fused-ring (bicyclic) bond motifs is 3. The maximum Gasteiger partial charge on any atom is 0.274 e. The van der Waals surface area contributed by atoms with Crippen LogP contribution in [0.2, 0.25) is 0 Å². The third-order valence-corrected chi connectivity index (χ3v) is 8.36. The van der Waals surface area contributed by atoms with E-state index in [4.69, 9.17) is 9.97 Å². The molecule has 2 unspecified atom stereocenters. The predicted octanol–water partition coefficient (Wildman–Crippen LogP) is 6.03. The largest absolute Gasteiger partial charge is 0.337 e. The highest BCUT2D eigenvalue weighted by molar-refractivity contribution is 7.15. The molecule has 5 nitrogen and oxygen atoms in total. The highest BCUT2D eigenvalue weighted by Crippen LogP contribution is 2.43. The van der Waals surface area contributed by atoms with Crippen LogP contribution in [0.15, 0.2) is 54.7 Å². The number of aryl methyl sites for hydroxylation is 2. The predicted molar refractivity (Wildman–Crippen MR) is 136 cm³/mol. The van der Waals surface area contributed by atoms with Gasteiger partial charge in [-0.1, -0.05) is 36.4 Å². The molecule has 2 fully saturated rings. The highest BCUT2D eigenvalue weighted by Gasteiger charge is 2.39. The molecule has 2 aliphatic rings. The van der Waals surface area contributed by atoms with E-state index in [1.165, 1.54) is 12.0 Å². The smallest absolute Gasteiger partial charge is 0.274 e. The Kier molecular flexibility index (Phi) is 5.41. The standard InChI is InChI=1S/C28H28N4OS/c1-17-7-3-4-8-22(17)27-26(30-18(2)34-27)28(33)32-15-19-11-20(16-32)13-21(12-19)25-14-29-23-9-5-6-10-24(23)31-25/h3-10,14,19-21H,11-13,15-16H2,1-2H3. The minimum Gasteiger partial charge on any atom is -0.337 e. The van der Waals surface area contributed by atoms with Crippen LogP contribution in [0.4, 0.5) is 0 Å². The van der Waals surface area contributed by atoms with E-state index >= 15 is 0 Å². The summed E-state index contributed by atoms with van der Waals surface area (Å²) in [5.41, 5.74) is 5.93. The van der Waals surface area contributed by atoms with Gasteiger partial charge in [-0.3, -0.25) is 9.78 Å². The summed E-state index contributed by atoms with van der Waals surface area (Å²) < 4.78 is 0. The molecule has 4 aromatic rings. The molecular weight excluding hydrogens is 440 g/mol. The number of rotatable bonds is 3. The minimum atomic E-state index is 0.0845. The van der Waals surface area contributed by atoms with Gasteiger partial charge < -0.3 is 4.90 Å². The number of likely N-dealkylation sites (tertiary alicyclic amines) is 1. The molecule has 2 bridgehead atoms. The fourth-order valence-electron chi connectivity index (χ4n) is 5.87. The first-order chi connectivity index (χ1) is 16.5. The Balaban J connectivity index is 1.23. The van der Waals surface area contributed by atoms with Gasteiger partial charge in [0.1, 0.15) is 5.69 Å². The molecule has 2 atom stereocenters. The number of hydrogen-bond acceptors (Lipinski definition) is 5. The number of amides is 1. The lowest BCUT2D eigenvalue weighted by Gasteiger charge is -2.44. The van der Waals surface area contributed by atoms with E-state index in [0.717, 1.165) is 58.1 Å². The molecule has 172 valence electrons. The zero-order valence-electron chi connectivity index (χ0n) is 19.6. The Morgan fingerprint density at radius 2 is 1.62 bits per heavy atom. The molecule has 3 heterocycles. The Labute approximate surface area is 203 Å². The van der Waals surface area contributed by atoms with E-state index in [-0.39, 0.29) is 5.91 Å². The molecule has 1 saturated heterocycles. The van der Waals surface area contributed by atoms with Crippen LogP contribution in [0.25, 0.3) is 21.5 Å². The first kappa shape index (κ1) is 21.4. The number of benzene rings is 2. The third kappa shape index (κ3) is 3.90. The van der Waals surface area contributed by atoms with Crippen LogP contribution in [0, 0.1) is 25.7 Å². The monoisotopic (exact) mass is 468 g/mol. The zero-order valence-corrected chi connectivity index (χ0v) is 20.4. The molecule has 1 saturated carbocycles. The molecule has 1 amide bonds. The van der Waals surface area contributed by atoms with Gasteiger partial charge >= 0.3 is 0 Å². The minimum absolute atomic E-state index is 0.0845. The number of carbonyl (C=O) groups excluding carboxylic acids is 1. The number of thiazole rings is 1. The molecule has 2 aromatic heterocycles. The lowest BCUT2D eigenvalue weighted by atomic mass is 9.71. The number of hydrogen-bond donors (Lipinski definition) is 0. The van der Waals surface area contributed by atoms with Crippen LogP contribution < -0.4 is 0 Å². The first-order valence-electron chi connectivity index (χ1n) is 12.1. The average Bonchev–Trinajstić information content (AvgIpc) is 3.24. The summed E-state index contributed by atoms with van der Waals surface area (Å²) in [7, 11) is 0. The SMILES string of the molecule is Cc1nc(C(=O)N2CC3CC(CC(c4cnc5ccccc5n4)C3)C2)c(-c2ccccc2C)s1. The maximum atomic E-state index is 13.7. The normalized spacial score (nSPS) is 22.2. The molecule has 34 heavy (non-hydrogen) atoms. The second kappa shape index (κ2) is 8.58. The second-order valence-corrected chi connectivity index (χ2v) is 11.1. The van der Waals surface area contributed by atoms with Crippen molar-refractivity contribution >= 4 is 28.3 Å². The third-order valence-electron chi connectivity index (χ3n) is 7.36. The van der Waals surface area contributed by atoms with E-state index in [1.807, 2.05) is 49.5 Å². The molecule has 1 aliphatic carbocycles. The summed E-state index contributed by atoms with van der Waals surface area (Å²) in [6.45, 7) is 5.69. The van der Waals surface area contributed by atoms with Crippen LogP contribution in [0.3, 0.4) is 0 Å². The topological polar surface area (TPSA) is 59.0 Å². The van der Waals surface area contributed by atoms with Crippen LogP contribution in [-0.4, -0.2) is 38.8 Å². The lowest BCUT2D eigenvalue weighted by Crippen LogP contribution is -2.47. The number of aromatic nitrogens is 3. The summed E-state index contributed by atoms with van der Waals surface area (Å²) in [5.74, 6) is 1.50. The van der Waals surface area contributed by atoms with Crippen molar-refractivity contribution in [3.05, 3.63) is 76.7 Å². The molecule has 0 radical (unpaired) electrons. The molecular formula is C28H28N4OS. The van der Waals surface area contributed by atoms with Crippen molar-refractivity contribution < 1.29 is 4.79 Å². The Bertz CT molecular complexity index is 1370. The summed E-state index contributed by atoms with van der Waals surface area (Å²) >= 11 is 1.62. The first-order valence-corrected chi connectivity index (χ1v) is 12.9. The summed E-state index contributed by atoms with van der Waals surface area (Å²) in [6.07, 6.45) is 5.29. The van der Waals surface area contributed by atoms with E-state index in [2.05, 4.69) is 28.9 Å². The average molecular weight is 469 g/mol. The van der Waals surface area contributed by atoms with Gasteiger partial charge in [-0.25, -0.2) is 9.97 Å². The summed E-state index contributed by atoms with van der Waals surface area (Å²) in [4.78, 5) is 31.0. The molecule has 0 N–H and O–H groups in total. The Hall–Kier alpha value is -3.12. The Morgan fingerprint density at radius 3 is 2.38 bits per heavy atom. The van der Waals surface area contributed by atoms with Gasteiger partial charge in [-0.15, -0.1) is 11.3 Å². The number of piperidine rings is 1. The molecule has 6 heteroatoms. The van der Waals surface area contributed by atoms with Crippen LogP contribution >= 0.6 is 11.3 Å². The van der Waals surface area contributed by atoms with Crippen molar-refractivity contribution in [2.45, 2.75) is 39.0 Å². The van der Waals surface area contributed by atoms with Gasteiger partial charge in [-0.2, -0.15) is 0 Å². The van der Waals surface area contributed by atoms with Crippen molar-refractivity contribution in [1.29, 1.82) is 0 Å². The van der Waals surface area contributed by atoms with Crippen molar-refractivity contribution in [3.8, 4) is 10.4 Å². The van der Waals surface area contributed by atoms with Crippen molar-refractivity contribution in [2.24, 2.45) is 11.8 Å². The van der Waals surface area contributed by atoms with Gasteiger partial charge in [0, 0.05) is 25.2 Å². The highest BCUT2D eigenvalue weighted by atomic mass is 32.1. The van der Waals surface area contributed by atoms with Crippen LogP contribution in [0.5, 0.6) is 0 Å².